The Morgan fingerprint density at radius 2 is 2.31 bits per heavy atom. The van der Waals surface area contributed by atoms with Gasteiger partial charge in [-0.05, 0) is 50.8 Å². The van der Waals surface area contributed by atoms with Gasteiger partial charge in [0.15, 0.2) is 0 Å². The highest BCUT2D eigenvalue weighted by molar-refractivity contribution is 7.18. The number of benzene rings is 1. The van der Waals surface area contributed by atoms with Crippen LogP contribution in [0.25, 0.3) is 10.2 Å². The number of anilines is 1. The van der Waals surface area contributed by atoms with Crippen LogP contribution in [0.1, 0.15) is 30.7 Å². The SMILES string of the molecule is Cc1nc2ccc(NC(=O)N3CCCC[C@H]3CCn3ccnc3)cc2s1. The molecule has 3 heterocycles. The van der Waals surface area contributed by atoms with E-state index in [0.717, 1.165) is 53.3 Å². The Morgan fingerprint density at radius 1 is 1.38 bits per heavy atom. The summed E-state index contributed by atoms with van der Waals surface area (Å²) in [6.45, 7) is 3.71. The molecule has 0 radical (unpaired) electrons. The van der Waals surface area contributed by atoms with Crippen molar-refractivity contribution in [1.29, 1.82) is 0 Å². The third-order valence-electron chi connectivity index (χ3n) is 4.91. The zero-order valence-corrected chi connectivity index (χ0v) is 15.7. The third kappa shape index (κ3) is 3.72. The molecule has 3 aromatic rings. The van der Waals surface area contributed by atoms with Crippen molar-refractivity contribution < 1.29 is 4.79 Å². The molecule has 26 heavy (non-hydrogen) atoms. The van der Waals surface area contributed by atoms with Gasteiger partial charge in [0.1, 0.15) is 0 Å². The molecule has 2 aromatic heterocycles. The lowest BCUT2D eigenvalue weighted by Crippen LogP contribution is -2.46. The van der Waals surface area contributed by atoms with Gasteiger partial charge < -0.3 is 14.8 Å². The van der Waals surface area contributed by atoms with Gasteiger partial charge in [-0.25, -0.2) is 14.8 Å². The summed E-state index contributed by atoms with van der Waals surface area (Å²) in [4.78, 5) is 23.4. The van der Waals surface area contributed by atoms with Gasteiger partial charge in [0.2, 0.25) is 0 Å². The first-order chi connectivity index (χ1) is 12.7. The molecule has 136 valence electrons. The molecule has 0 aliphatic carbocycles. The van der Waals surface area contributed by atoms with E-state index in [1.165, 1.54) is 6.42 Å². The summed E-state index contributed by atoms with van der Waals surface area (Å²) in [6, 6.07) is 6.20. The van der Waals surface area contributed by atoms with Gasteiger partial charge in [0, 0.05) is 37.2 Å². The number of hydrogen-bond donors (Lipinski definition) is 1. The van der Waals surface area contributed by atoms with Crippen molar-refractivity contribution in [3.8, 4) is 0 Å². The Hall–Kier alpha value is -2.41. The number of aromatic nitrogens is 3. The van der Waals surface area contributed by atoms with Crippen LogP contribution in [-0.4, -0.2) is 38.1 Å². The zero-order valence-electron chi connectivity index (χ0n) is 14.9. The van der Waals surface area contributed by atoms with Crippen LogP contribution in [0, 0.1) is 6.92 Å². The number of nitrogens with zero attached hydrogens (tertiary/aromatic N) is 4. The van der Waals surface area contributed by atoms with Crippen molar-refractivity contribution >= 4 is 33.3 Å². The quantitative estimate of drug-likeness (QED) is 0.747. The zero-order chi connectivity index (χ0) is 17.9. The molecule has 0 saturated carbocycles. The van der Waals surface area contributed by atoms with Crippen molar-refractivity contribution in [2.45, 2.75) is 45.2 Å². The van der Waals surface area contributed by atoms with Crippen LogP contribution < -0.4 is 5.32 Å². The Morgan fingerprint density at radius 3 is 3.15 bits per heavy atom. The Bertz CT molecular complexity index is 889. The average Bonchev–Trinajstić information content (AvgIpc) is 3.28. The first-order valence-corrected chi connectivity index (χ1v) is 9.91. The van der Waals surface area contributed by atoms with Crippen molar-refractivity contribution in [3.63, 3.8) is 0 Å². The molecular formula is C19H23N5OS. The predicted octanol–water partition coefficient (Wildman–Crippen LogP) is 4.28. The number of likely N-dealkylation sites (tertiary alicyclic amines) is 1. The van der Waals surface area contributed by atoms with Crippen LogP contribution in [0.4, 0.5) is 10.5 Å². The fraction of sp³-hybridized carbons (Fsp3) is 0.421. The lowest BCUT2D eigenvalue weighted by molar-refractivity contribution is 0.155. The summed E-state index contributed by atoms with van der Waals surface area (Å²) in [7, 11) is 0. The van der Waals surface area contributed by atoms with Crippen molar-refractivity contribution in [1.82, 2.24) is 19.4 Å². The minimum atomic E-state index is 0.000850. The van der Waals surface area contributed by atoms with Crippen molar-refractivity contribution in [2.24, 2.45) is 0 Å². The lowest BCUT2D eigenvalue weighted by atomic mass is 10.00. The van der Waals surface area contributed by atoms with E-state index in [4.69, 9.17) is 0 Å². The molecule has 7 heteroatoms. The lowest BCUT2D eigenvalue weighted by Gasteiger charge is -2.36. The van der Waals surface area contributed by atoms with Crippen LogP contribution in [0.3, 0.4) is 0 Å². The maximum absolute atomic E-state index is 12.9. The number of aryl methyl sites for hydroxylation is 2. The molecular weight excluding hydrogens is 346 g/mol. The predicted molar refractivity (Wildman–Crippen MR) is 105 cm³/mol. The summed E-state index contributed by atoms with van der Waals surface area (Å²) < 4.78 is 3.18. The first-order valence-electron chi connectivity index (χ1n) is 9.09. The van der Waals surface area contributed by atoms with Gasteiger partial charge in [-0.15, -0.1) is 11.3 Å². The highest BCUT2D eigenvalue weighted by Gasteiger charge is 2.26. The number of thiazole rings is 1. The highest BCUT2D eigenvalue weighted by Crippen LogP contribution is 2.26. The highest BCUT2D eigenvalue weighted by atomic mass is 32.1. The molecule has 1 aliphatic rings. The number of carbonyl (C=O) groups excluding carboxylic acids is 1. The Kier molecular flexibility index (Phi) is 4.88. The second-order valence-electron chi connectivity index (χ2n) is 6.78. The molecule has 1 atom stereocenters. The second kappa shape index (κ2) is 7.45. The maximum Gasteiger partial charge on any atom is 0.322 e. The molecule has 1 N–H and O–H groups in total. The summed E-state index contributed by atoms with van der Waals surface area (Å²) in [5.74, 6) is 0. The molecule has 0 unspecified atom stereocenters. The van der Waals surface area contributed by atoms with Gasteiger partial charge in [0.05, 0.1) is 21.6 Å². The van der Waals surface area contributed by atoms with Crippen LogP contribution >= 0.6 is 11.3 Å². The standard InChI is InChI=1S/C19H23N5OS/c1-14-21-17-6-5-15(12-18(17)26-14)22-19(25)24-9-3-2-4-16(24)7-10-23-11-8-20-13-23/h5-6,8,11-13,16H,2-4,7,9-10H2,1H3,(H,22,25)/t16-/m0/s1. The molecule has 1 aromatic carbocycles. The minimum absolute atomic E-state index is 0.000850. The topological polar surface area (TPSA) is 63.1 Å². The molecule has 0 spiro atoms. The van der Waals surface area contributed by atoms with Gasteiger partial charge in [-0.3, -0.25) is 0 Å². The normalized spacial score (nSPS) is 17.6. The number of fused-ring (bicyclic) bond motifs is 1. The van der Waals surface area contributed by atoms with E-state index >= 15 is 0 Å². The van der Waals surface area contributed by atoms with E-state index in [0.29, 0.717) is 0 Å². The van der Waals surface area contributed by atoms with Gasteiger partial charge >= 0.3 is 6.03 Å². The number of nitrogens with one attached hydrogen (secondary N) is 1. The molecule has 2 amide bonds. The van der Waals surface area contributed by atoms with E-state index in [-0.39, 0.29) is 12.1 Å². The van der Waals surface area contributed by atoms with Crippen LogP contribution in [0.5, 0.6) is 0 Å². The molecule has 6 nitrogen and oxygen atoms in total. The largest absolute Gasteiger partial charge is 0.337 e. The second-order valence-corrected chi connectivity index (χ2v) is 8.01. The number of carbonyl (C=O) groups is 1. The van der Waals surface area contributed by atoms with Crippen LogP contribution in [-0.2, 0) is 6.54 Å². The smallest absolute Gasteiger partial charge is 0.322 e. The van der Waals surface area contributed by atoms with E-state index in [1.54, 1.807) is 17.5 Å². The van der Waals surface area contributed by atoms with Crippen LogP contribution in [0.15, 0.2) is 36.9 Å². The van der Waals surface area contributed by atoms with Gasteiger partial charge in [-0.2, -0.15) is 0 Å². The molecule has 0 bridgehead atoms. The fourth-order valence-electron chi connectivity index (χ4n) is 3.60. The Labute approximate surface area is 156 Å². The summed E-state index contributed by atoms with van der Waals surface area (Å²) in [6.07, 6.45) is 9.88. The van der Waals surface area contributed by atoms with Crippen molar-refractivity contribution in [2.75, 3.05) is 11.9 Å². The summed E-state index contributed by atoms with van der Waals surface area (Å²) in [5, 5.41) is 4.12. The number of urea groups is 1. The number of imidazole rings is 1. The average molecular weight is 369 g/mol. The molecule has 1 saturated heterocycles. The monoisotopic (exact) mass is 369 g/mol. The summed E-state index contributed by atoms with van der Waals surface area (Å²) in [5.41, 5.74) is 1.83. The van der Waals surface area contributed by atoms with Crippen molar-refractivity contribution in [3.05, 3.63) is 41.9 Å². The summed E-state index contributed by atoms with van der Waals surface area (Å²) >= 11 is 1.65. The molecule has 1 fully saturated rings. The number of amides is 2. The number of hydrogen-bond acceptors (Lipinski definition) is 4. The fourth-order valence-corrected chi connectivity index (χ4v) is 4.46. The molecule has 1 aliphatic heterocycles. The van der Waals surface area contributed by atoms with E-state index in [2.05, 4.69) is 19.9 Å². The van der Waals surface area contributed by atoms with E-state index in [9.17, 15) is 4.79 Å². The first kappa shape index (κ1) is 17.0. The van der Waals surface area contributed by atoms with E-state index < -0.39 is 0 Å². The number of piperidine rings is 1. The minimum Gasteiger partial charge on any atom is -0.337 e. The van der Waals surface area contributed by atoms with Gasteiger partial charge in [0.25, 0.3) is 0 Å². The maximum atomic E-state index is 12.9. The number of rotatable bonds is 4. The van der Waals surface area contributed by atoms with E-state index in [1.807, 2.05) is 42.5 Å². The molecule has 4 rings (SSSR count). The van der Waals surface area contributed by atoms with Crippen LogP contribution in [0.2, 0.25) is 0 Å². The Balaban J connectivity index is 1.43. The van der Waals surface area contributed by atoms with Gasteiger partial charge in [-0.1, -0.05) is 0 Å². The third-order valence-corrected chi connectivity index (χ3v) is 5.85.